The normalized spacial score (nSPS) is 11.0. The minimum absolute atomic E-state index is 0.00140. The van der Waals surface area contributed by atoms with Crippen LogP contribution in [-0.4, -0.2) is 20.9 Å². The monoisotopic (exact) mass is 383 g/mol. The van der Waals surface area contributed by atoms with E-state index in [1.807, 2.05) is 24.3 Å². The first-order valence-electron chi connectivity index (χ1n) is 6.27. The summed E-state index contributed by atoms with van der Waals surface area (Å²) in [6, 6.07) is 13.1. The summed E-state index contributed by atoms with van der Waals surface area (Å²) in [5.74, 6) is -0.244. The highest BCUT2D eigenvalue weighted by Gasteiger charge is 2.08. The Hall–Kier alpha value is -1.90. The van der Waals surface area contributed by atoms with E-state index in [1.165, 1.54) is 24.3 Å². The van der Waals surface area contributed by atoms with Gasteiger partial charge in [0.05, 0.1) is 11.4 Å². The molecule has 0 heterocycles. The van der Waals surface area contributed by atoms with Gasteiger partial charge in [-0.2, -0.15) is 0 Å². The summed E-state index contributed by atoms with van der Waals surface area (Å²) in [5.41, 5.74) is 1.32. The number of carbonyl (C=O) groups excluding carboxylic acids is 1. The number of amides is 1. The van der Waals surface area contributed by atoms with E-state index in [0.717, 1.165) is 10.2 Å². The lowest BCUT2D eigenvalue weighted by molar-refractivity contribution is -0.114. The number of hydrogen-bond donors (Lipinski definition) is 3. The Morgan fingerprint density at radius 2 is 1.55 bits per heavy atom. The summed E-state index contributed by atoms with van der Waals surface area (Å²) in [7, 11) is -3.73. The number of nitrogens with two attached hydrogens (primary N) is 1. The molecular weight excluding hydrogens is 370 g/mol. The molecule has 0 aliphatic rings. The highest BCUT2D eigenvalue weighted by molar-refractivity contribution is 9.10. The number of hydrogen-bond acceptors (Lipinski definition) is 4. The van der Waals surface area contributed by atoms with E-state index < -0.39 is 10.0 Å². The summed E-state index contributed by atoms with van der Waals surface area (Å²) in [6.45, 7) is 0.0958. The summed E-state index contributed by atoms with van der Waals surface area (Å²) in [5, 5.41) is 10.6. The van der Waals surface area contributed by atoms with Crippen molar-refractivity contribution in [3.05, 3.63) is 53.0 Å². The van der Waals surface area contributed by atoms with E-state index in [0.29, 0.717) is 5.69 Å². The van der Waals surface area contributed by atoms with Crippen LogP contribution >= 0.6 is 15.9 Å². The van der Waals surface area contributed by atoms with Crippen LogP contribution in [0.15, 0.2) is 57.9 Å². The van der Waals surface area contributed by atoms with Gasteiger partial charge in [-0.15, -0.1) is 0 Å². The van der Waals surface area contributed by atoms with Gasteiger partial charge in [-0.25, -0.2) is 13.6 Å². The Morgan fingerprint density at radius 1 is 1.00 bits per heavy atom. The molecule has 2 aromatic rings. The highest BCUT2D eigenvalue weighted by atomic mass is 79.9. The number of anilines is 2. The van der Waals surface area contributed by atoms with Crippen molar-refractivity contribution < 1.29 is 13.2 Å². The van der Waals surface area contributed by atoms with Crippen LogP contribution in [-0.2, 0) is 14.8 Å². The van der Waals surface area contributed by atoms with Crippen molar-refractivity contribution in [3.8, 4) is 0 Å². The van der Waals surface area contributed by atoms with Crippen LogP contribution in [0.3, 0.4) is 0 Å². The van der Waals surface area contributed by atoms with Crippen LogP contribution in [0.2, 0.25) is 0 Å². The number of nitrogens with one attached hydrogen (secondary N) is 2. The summed E-state index contributed by atoms with van der Waals surface area (Å²) in [6.07, 6.45) is 0. The molecule has 22 heavy (non-hydrogen) atoms. The number of rotatable bonds is 5. The van der Waals surface area contributed by atoms with E-state index >= 15 is 0 Å². The lowest BCUT2D eigenvalue weighted by Crippen LogP contribution is -2.21. The molecule has 0 spiro atoms. The Labute approximate surface area is 136 Å². The van der Waals surface area contributed by atoms with Crippen molar-refractivity contribution in [3.63, 3.8) is 0 Å². The smallest absolute Gasteiger partial charge is 0.243 e. The average Bonchev–Trinajstić information content (AvgIpc) is 2.46. The quantitative estimate of drug-likeness (QED) is 0.735. The van der Waals surface area contributed by atoms with Gasteiger partial charge in [0.15, 0.2) is 0 Å². The van der Waals surface area contributed by atoms with Crippen molar-refractivity contribution in [1.82, 2.24) is 0 Å². The fourth-order valence-electron chi connectivity index (χ4n) is 1.68. The molecule has 0 atom stereocenters. The largest absolute Gasteiger partial charge is 0.376 e. The molecule has 0 aromatic heterocycles. The summed E-state index contributed by atoms with van der Waals surface area (Å²) < 4.78 is 23.2. The van der Waals surface area contributed by atoms with Crippen molar-refractivity contribution in [2.45, 2.75) is 4.90 Å². The molecule has 0 fully saturated rings. The van der Waals surface area contributed by atoms with Gasteiger partial charge in [-0.1, -0.05) is 15.9 Å². The van der Waals surface area contributed by atoms with Crippen molar-refractivity contribution in [2.24, 2.45) is 5.14 Å². The second-order valence-corrected chi connectivity index (χ2v) is 6.96. The minimum atomic E-state index is -3.73. The molecule has 0 aliphatic carbocycles. The van der Waals surface area contributed by atoms with E-state index in [9.17, 15) is 13.2 Å². The minimum Gasteiger partial charge on any atom is -0.376 e. The maximum absolute atomic E-state index is 11.8. The zero-order chi connectivity index (χ0) is 16.2. The van der Waals surface area contributed by atoms with E-state index in [4.69, 9.17) is 5.14 Å². The summed E-state index contributed by atoms with van der Waals surface area (Å²) >= 11 is 3.33. The van der Waals surface area contributed by atoms with Gasteiger partial charge in [-0.05, 0) is 48.5 Å². The SMILES string of the molecule is NS(=O)(=O)c1ccc(NC(=O)CNc2ccc(Br)cc2)cc1. The zero-order valence-corrected chi connectivity index (χ0v) is 13.8. The standard InChI is InChI=1S/C14H14BrN3O3S/c15-10-1-3-11(4-2-10)17-9-14(19)18-12-5-7-13(8-6-12)22(16,20)21/h1-8,17H,9H2,(H,18,19)(H2,16,20,21). The second kappa shape index (κ2) is 6.91. The lowest BCUT2D eigenvalue weighted by Gasteiger charge is -2.08. The molecule has 0 saturated carbocycles. The van der Waals surface area contributed by atoms with Crippen LogP contribution in [0.4, 0.5) is 11.4 Å². The molecule has 8 heteroatoms. The van der Waals surface area contributed by atoms with E-state index in [1.54, 1.807) is 0 Å². The first-order valence-corrected chi connectivity index (χ1v) is 8.61. The second-order valence-electron chi connectivity index (χ2n) is 4.48. The van der Waals surface area contributed by atoms with Gasteiger partial charge < -0.3 is 10.6 Å². The number of halogens is 1. The van der Waals surface area contributed by atoms with Crippen LogP contribution in [0, 0.1) is 0 Å². The van der Waals surface area contributed by atoms with Gasteiger partial charge in [0.2, 0.25) is 15.9 Å². The molecule has 0 aliphatic heterocycles. The van der Waals surface area contributed by atoms with Gasteiger partial charge in [-0.3, -0.25) is 4.79 Å². The Kier molecular flexibility index (Phi) is 5.17. The Morgan fingerprint density at radius 3 is 2.09 bits per heavy atom. The third-order valence-electron chi connectivity index (χ3n) is 2.76. The predicted octanol–water partition coefficient (Wildman–Crippen LogP) is 2.15. The zero-order valence-electron chi connectivity index (χ0n) is 11.4. The lowest BCUT2D eigenvalue weighted by atomic mass is 10.3. The molecule has 116 valence electrons. The third-order valence-corrected chi connectivity index (χ3v) is 4.22. The molecule has 0 radical (unpaired) electrons. The molecule has 0 unspecified atom stereocenters. The number of benzene rings is 2. The molecular formula is C14H14BrN3O3S. The fourth-order valence-corrected chi connectivity index (χ4v) is 2.46. The molecule has 2 aromatic carbocycles. The van der Waals surface area contributed by atoms with E-state index in [-0.39, 0.29) is 17.3 Å². The first kappa shape index (κ1) is 16.5. The highest BCUT2D eigenvalue weighted by Crippen LogP contribution is 2.14. The average molecular weight is 384 g/mol. The molecule has 0 saturated heterocycles. The van der Waals surface area contributed by atoms with Gasteiger partial charge in [0.1, 0.15) is 0 Å². The predicted molar refractivity (Wildman–Crippen MR) is 89.1 cm³/mol. The molecule has 1 amide bonds. The van der Waals surface area contributed by atoms with Crippen molar-refractivity contribution >= 4 is 43.2 Å². The number of carbonyl (C=O) groups is 1. The molecule has 0 bridgehead atoms. The van der Waals surface area contributed by atoms with Crippen molar-refractivity contribution in [1.29, 1.82) is 0 Å². The Balaban J connectivity index is 1.90. The topological polar surface area (TPSA) is 101 Å². The van der Waals surface area contributed by atoms with Crippen LogP contribution in [0.1, 0.15) is 0 Å². The van der Waals surface area contributed by atoms with Gasteiger partial charge in [0.25, 0.3) is 0 Å². The van der Waals surface area contributed by atoms with Gasteiger partial charge in [0, 0.05) is 15.8 Å². The van der Waals surface area contributed by atoms with Crippen molar-refractivity contribution in [2.75, 3.05) is 17.2 Å². The third kappa shape index (κ3) is 4.83. The molecule has 6 nitrogen and oxygen atoms in total. The first-order chi connectivity index (χ1) is 10.3. The number of primary sulfonamides is 1. The van der Waals surface area contributed by atoms with E-state index in [2.05, 4.69) is 26.6 Å². The van der Waals surface area contributed by atoms with Gasteiger partial charge >= 0.3 is 0 Å². The van der Waals surface area contributed by atoms with Crippen LogP contribution in [0.5, 0.6) is 0 Å². The summed E-state index contributed by atoms with van der Waals surface area (Å²) in [4.78, 5) is 11.8. The molecule has 2 rings (SSSR count). The molecule has 4 N–H and O–H groups in total. The maximum Gasteiger partial charge on any atom is 0.243 e. The maximum atomic E-state index is 11.8. The van der Waals surface area contributed by atoms with Crippen LogP contribution in [0.25, 0.3) is 0 Å². The Bertz CT molecular complexity index is 759. The fraction of sp³-hybridized carbons (Fsp3) is 0.0714. The van der Waals surface area contributed by atoms with Crippen LogP contribution < -0.4 is 15.8 Å². The number of sulfonamides is 1.